The second kappa shape index (κ2) is 6.13. The van der Waals surface area contributed by atoms with Crippen molar-refractivity contribution in [2.45, 2.75) is 20.0 Å². The van der Waals surface area contributed by atoms with E-state index in [9.17, 15) is 5.11 Å². The minimum Gasteiger partial charge on any atom is -0.497 e. The molecular formula is C19H22O4. The van der Waals surface area contributed by atoms with Crippen molar-refractivity contribution in [1.82, 2.24) is 0 Å². The summed E-state index contributed by atoms with van der Waals surface area (Å²) in [5.74, 6) is 2.17. The third-order valence-corrected chi connectivity index (χ3v) is 3.95. The van der Waals surface area contributed by atoms with Crippen molar-refractivity contribution in [3.05, 3.63) is 53.6 Å². The summed E-state index contributed by atoms with van der Waals surface area (Å²) in [6.45, 7) is 5.40. The second-order valence-corrected chi connectivity index (χ2v) is 6.62. The fraction of sp³-hybridized carbons (Fsp3) is 0.368. The summed E-state index contributed by atoms with van der Waals surface area (Å²) >= 11 is 0. The van der Waals surface area contributed by atoms with E-state index >= 15 is 0 Å². The molecule has 0 saturated heterocycles. The monoisotopic (exact) mass is 314 g/mol. The molecule has 0 fully saturated rings. The molecule has 2 aromatic carbocycles. The molecule has 0 spiro atoms. The lowest BCUT2D eigenvalue weighted by Gasteiger charge is -2.19. The zero-order chi connectivity index (χ0) is 16.4. The molecule has 1 aliphatic heterocycles. The van der Waals surface area contributed by atoms with Crippen molar-refractivity contribution in [2.75, 3.05) is 20.3 Å². The van der Waals surface area contributed by atoms with E-state index in [2.05, 4.69) is 13.8 Å². The summed E-state index contributed by atoms with van der Waals surface area (Å²) in [6.07, 6.45) is -0.717. The number of fused-ring (bicyclic) bond motifs is 1. The third-order valence-electron chi connectivity index (χ3n) is 3.95. The molecule has 4 nitrogen and oxygen atoms in total. The fourth-order valence-electron chi connectivity index (χ4n) is 2.49. The predicted molar refractivity (Wildman–Crippen MR) is 88.3 cm³/mol. The Balaban J connectivity index is 1.85. The van der Waals surface area contributed by atoms with Crippen molar-refractivity contribution in [2.24, 2.45) is 5.41 Å². The SMILES string of the molecule is COc1ccc([C@@H](O)c2ccc3c(c2)OCC(C)(C)CO3)cc1. The maximum Gasteiger partial charge on any atom is 0.161 e. The highest BCUT2D eigenvalue weighted by atomic mass is 16.5. The van der Waals surface area contributed by atoms with E-state index < -0.39 is 6.10 Å². The first kappa shape index (κ1) is 15.7. The van der Waals surface area contributed by atoms with Gasteiger partial charge in [0.2, 0.25) is 0 Å². The van der Waals surface area contributed by atoms with E-state index in [0.717, 1.165) is 22.6 Å². The van der Waals surface area contributed by atoms with Gasteiger partial charge >= 0.3 is 0 Å². The first-order valence-electron chi connectivity index (χ1n) is 7.70. The van der Waals surface area contributed by atoms with Crippen LogP contribution in [0, 0.1) is 5.41 Å². The van der Waals surface area contributed by atoms with E-state index in [1.54, 1.807) is 7.11 Å². The summed E-state index contributed by atoms with van der Waals surface area (Å²) in [6, 6.07) is 13.0. The number of aliphatic hydroxyl groups is 1. The van der Waals surface area contributed by atoms with Crippen LogP contribution < -0.4 is 14.2 Å². The van der Waals surface area contributed by atoms with Gasteiger partial charge < -0.3 is 19.3 Å². The van der Waals surface area contributed by atoms with Gasteiger partial charge in [-0.2, -0.15) is 0 Å². The van der Waals surface area contributed by atoms with Crippen LogP contribution >= 0.6 is 0 Å². The Morgan fingerprint density at radius 3 is 2.22 bits per heavy atom. The zero-order valence-electron chi connectivity index (χ0n) is 13.7. The van der Waals surface area contributed by atoms with Crippen molar-refractivity contribution < 1.29 is 19.3 Å². The standard InChI is InChI=1S/C19H22O4/c1-19(2)11-22-16-9-6-14(10-17(16)23-12-19)18(20)13-4-7-15(21-3)8-5-13/h4-10,18,20H,11-12H2,1-3H3/t18-/m1/s1. The van der Waals surface area contributed by atoms with Crippen molar-refractivity contribution in [3.8, 4) is 17.2 Å². The van der Waals surface area contributed by atoms with Crippen molar-refractivity contribution >= 4 is 0 Å². The van der Waals surface area contributed by atoms with Crippen LogP contribution in [0.2, 0.25) is 0 Å². The van der Waals surface area contributed by atoms with E-state index in [-0.39, 0.29) is 5.41 Å². The molecule has 4 heteroatoms. The number of hydrogen-bond donors (Lipinski definition) is 1. The van der Waals surface area contributed by atoms with Gasteiger partial charge in [-0.05, 0) is 35.4 Å². The first-order valence-corrected chi connectivity index (χ1v) is 7.70. The predicted octanol–water partition coefficient (Wildman–Crippen LogP) is 3.57. The van der Waals surface area contributed by atoms with Crippen molar-refractivity contribution in [3.63, 3.8) is 0 Å². The lowest BCUT2D eigenvalue weighted by Crippen LogP contribution is -2.26. The number of benzene rings is 2. The van der Waals surface area contributed by atoms with Crippen LogP contribution in [-0.4, -0.2) is 25.4 Å². The minimum absolute atomic E-state index is 0.0339. The van der Waals surface area contributed by atoms with E-state index in [4.69, 9.17) is 14.2 Å². The molecule has 0 saturated carbocycles. The average molecular weight is 314 g/mol. The maximum atomic E-state index is 10.6. The normalized spacial score (nSPS) is 17.2. The fourth-order valence-corrected chi connectivity index (χ4v) is 2.49. The van der Waals surface area contributed by atoms with E-state index in [1.165, 1.54) is 0 Å². The number of aliphatic hydroxyl groups excluding tert-OH is 1. The molecular weight excluding hydrogens is 292 g/mol. The Morgan fingerprint density at radius 1 is 0.957 bits per heavy atom. The van der Waals surface area contributed by atoms with Gasteiger partial charge in [-0.15, -0.1) is 0 Å². The van der Waals surface area contributed by atoms with Crippen LogP contribution in [0.3, 0.4) is 0 Å². The molecule has 1 N–H and O–H groups in total. The molecule has 0 bridgehead atoms. The molecule has 0 unspecified atom stereocenters. The summed E-state index contributed by atoms with van der Waals surface area (Å²) in [5.41, 5.74) is 1.55. The molecule has 0 aliphatic carbocycles. The number of hydrogen-bond acceptors (Lipinski definition) is 4. The molecule has 0 aromatic heterocycles. The summed E-state index contributed by atoms with van der Waals surface area (Å²) in [4.78, 5) is 0. The molecule has 3 rings (SSSR count). The average Bonchev–Trinajstić information content (AvgIpc) is 2.72. The largest absolute Gasteiger partial charge is 0.497 e. The second-order valence-electron chi connectivity index (χ2n) is 6.62. The molecule has 1 aliphatic rings. The molecule has 122 valence electrons. The number of rotatable bonds is 3. The summed E-state index contributed by atoms with van der Waals surface area (Å²) in [5, 5.41) is 10.6. The smallest absolute Gasteiger partial charge is 0.161 e. The molecule has 23 heavy (non-hydrogen) atoms. The zero-order valence-corrected chi connectivity index (χ0v) is 13.7. The van der Waals surface area contributed by atoms with Crippen LogP contribution in [0.5, 0.6) is 17.2 Å². The Labute approximate surface area is 136 Å². The van der Waals surface area contributed by atoms with E-state index in [0.29, 0.717) is 19.0 Å². The van der Waals surface area contributed by atoms with Crippen molar-refractivity contribution in [1.29, 1.82) is 0 Å². The van der Waals surface area contributed by atoms with Gasteiger partial charge in [0.25, 0.3) is 0 Å². The Kier molecular flexibility index (Phi) is 4.18. The molecule has 2 aromatic rings. The van der Waals surface area contributed by atoms with Crippen LogP contribution in [0.15, 0.2) is 42.5 Å². The molecule has 1 heterocycles. The van der Waals surface area contributed by atoms with Gasteiger partial charge in [0.1, 0.15) is 11.9 Å². The number of ether oxygens (including phenoxy) is 3. The van der Waals surface area contributed by atoms with Gasteiger partial charge in [0, 0.05) is 5.41 Å². The molecule has 1 atom stereocenters. The van der Waals surface area contributed by atoms with Crippen LogP contribution in [0.1, 0.15) is 31.1 Å². The number of methoxy groups -OCH3 is 1. The van der Waals surface area contributed by atoms with Gasteiger partial charge in [0.05, 0.1) is 20.3 Å². The molecule has 0 amide bonds. The van der Waals surface area contributed by atoms with Crippen LogP contribution in [0.4, 0.5) is 0 Å². The van der Waals surface area contributed by atoms with Crippen LogP contribution in [-0.2, 0) is 0 Å². The highest BCUT2D eigenvalue weighted by molar-refractivity contribution is 5.46. The maximum absolute atomic E-state index is 10.6. The Hall–Kier alpha value is -2.20. The molecule has 0 radical (unpaired) electrons. The van der Waals surface area contributed by atoms with Gasteiger partial charge in [-0.25, -0.2) is 0 Å². The summed E-state index contributed by atoms with van der Waals surface area (Å²) < 4.78 is 16.8. The first-order chi connectivity index (χ1) is 11.0. The van der Waals surface area contributed by atoms with Crippen LogP contribution in [0.25, 0.3) is 0 Å². The van der Waals surface area contributed by atoms with Gasteiger partial charge in [0.15, 0.2) is 11.5 Å². The third kappa shape index (κ3) is 3.42. The van der Waals surface area contributed by atoms with E-state index in [1.807, 2.05) is 42.5 Å². The minimum atomic E-state index is -0.717. The summed E-state index contributed by atoms with van der Waals surface area (Å²) in [7, 11) is 1.62. The van der Waals surface area contributed by atoms with Gasteiger partial charge in [-0.1, -0.05) is 32.0 Å². The highest BCUT2D eigenvalue weighted by Gasteiger charge is 2.25. The lowest BCUT2D eigenvalue weighted by molar-refractivity contribution is 0.140. The lowest BCUT2D eigenvalue weighted by atomic mass is 9.97. The highest BCUT2D eigenvalue weighted by Crippen LogP contribution is 2.36. The quantitative estimate of drug-likeness (QED) is 0.941. The topological polar surface area (TPSA) is 47.9 Å². The Bertz CT molecular complexity index is 676. The van der Waals surface area contributed by atoms with Gasteiger partial charge in [-0.3, -0.25) is 0 Å². The Morgan fingerprint density at radius 2 is 1.57 bits per heavy atom.